The molecule has 2 N–H and O–H groups in total. The highest BCUT2D eigenvalue weighted by atomic mass is 16.7. The van der Waals surface area contributed by atoms with Crippen LogP contribution in [0.25, 0.3) is 0 Å². The molecular formula is C17H21NO3. The zero-order chi connectivity index (χ0) is 15.1. The maximum atomic E-state index is 5.97. The number of hydrogen-bond acceptors (Lipinski definition) is 4. The lowest BCUT2D eigenvalue weighted by Gasteiger charge is -2.20. The molecular weight excluding hydrogens is 266 g/mol. The van der Waals surface area contributed by atoms with Crippen LogP contribution in [0.3, 0.4) is 0 Å². The molecule has 2 rings (SSSR count). The minimum absolute atomic E-state index is 0.478. The molecule has 4 nitrogen and oxygen atoms in total. The summed E-state index contributed by atoms with van der Waals surface area (Å²) >= 11 is 0. The molecule has 0 aromatic heterocycles. The van der Waals surface area contributed by atoms with Crippen LogP contribution >= 0.6 is 0 Å². The molecule has 0 aliphatic heterocycles. The molecule has 0 fully saturated rings. The third-order valence-corrected chi connectivity index (χ3v) is 3.18. The highest BCUT2D eigenvalue weighted by Gasteiger charge is 2.15. The normalized spacial score (nSPS) is 12.0. The summed E-state index contributed by atoms with van der Waals surface area (Å²) in [5.41, 5.74) is 7.66. The average Bonchev–Trinajstić information content (AvgIpc) is 2.54. The van der Waals surface area contributed by atoms with E-state index in [1.54, 1.807) is 14.2 Å². The van der Waals surface area contributed by atoms with Crippen LogP contribution in [0.2, 0.25) is 0 Å². The third-order valence-electron chi connectivity index (χ3n) is 3.18. The standard InChI is InChI=1S/C17H21NO3/c1-19-15-9-8-13(10-11-18)12-16(15)21-17(20-2)14-6-4-3-5-7-14/h3-9,12,17H,10-11,18H2,1-2H3. The molecule has 0 heterocycles. The molecule has 1 unspecified atom stereocenters. The molecule has 1 atom stereocenters. The fourth-order valence-corrected chi connectivity index (χ4v) is 2.11. The van der Waals surface area contributed by atoms with Gasteiger partial charge in [0, 0.05) is 12.7 Å². The van der Waals surface area contributed by atoms with Gasteiger partial charge in [-0.3, -0.25) is 0 Å². The molecule has 112 valence electrons. The number of benzene rings is 2. The van der Waals surface area contributed by atoms with Gasteiger partial charge in [0.1, 0.15) is 0 Å². The number of nitrogens with two attached hydrogens (primary N) is 1. The van der Waals surface area contributed by atoms with Crippen LogP contribution < -0.4 is 15.2 Å². The van der Waals surface area contributed by atoms with Gasteiger partial charge in [0.05, 0.1) is 7.11 Å². The summed E-state index contributed by atoms with van der Waals surface area (Å²) in [6.07, 6.45) is 0.316. The molecule has 21 heavy (non-hydrogen) atoms. The first-order valence-corrected chi connectivity index (χ1v) is 6.90. The van der Waals surface area contributed by atoms with E-state index in [2.05, 4.69) is 0 Å². The molecule has 0 saturated heterocycles. The molecule has 2 aromatic carbocycles. The van der Waals surface area contributed by atoms with E-state index in [0.29, 0.717) is 18.0 Å². The van der Waals surface area contributed by atoms with Crippen LogP contribution in [0, 0.1) is 0 Å². The number of ether oxygens (including phenoxy) is 3. The minimum Gasteiger partial charge on any atom is -0.493 e. The Kier molecular flexibility index (Phi) is 5.60. The Balaban J connectivity index is 2.25. The second-order valence-electron chi connectivity index (χ2n) is 4.62. The second kappa shape index (κ2) is 7.67. The van der Waals surface area contributed by atoms with Crippen LogP contribution in [0.1, 0.15) is 17.4 Å². The molecule has 0 bridgehead atoms. The second-order valence-corrected chi connectivity index (χ2v) is 4.62. The third kappa shape index (κ3) is 3.97. The van der Waals surface area contributed by atoms with Gasteiger partial charge in [0.2, 0.25) is 6.29 Å². The van der Waals surface area contributed by atoms with Crippen LogP contribution in [0.15, 0.2) is 48.5 Å². The van der Waals surface area contributed by atoms with E-state index < -0.39 is 6.29 Å². The summed E-state index contributed by atoms with van der Waals surface area (Å²) in [5.74, 6) is 1.33. The summed E-state index contributed by atoms with van der Waals surface area (Å²) in [5, 5.41) is 0. The van der Waals surface area contributed by atoms with Crippen molar-refractivity contribution in [3.63, 3.8) is 0 Å². The van der Waals surface area contributed by atoms with Crippen LogP contribution in [-0.4, -0.2) is 20.8 Å². The Bertz CT molecular complexity index is 557. The minimum atomic E-state index is -0.478. The van der Waals surface area contributed by atoms with E-state index in [0.717, 1.165) is 17.5 Å². The topological polar surface area (TPSA) is 53.7 Å². The lowest BCUT2D eigenvalue weighted by molar-refractivity contribution is -0.0574. The van der Waals surface area contributed by atoms with Crippen molar-refractivity contribution in [1.29, 1.82) is 0 Å². The Morgan fingerprint density at radius 3 is 2.38 bits per heavy atom. The van der Waals surface area contributed by atoms with Gasteiger partial charge in [-0.05, 0) is 30.7 Å². The van der Waals surface area contributed by atoms with Crippen LogP contribution in [0.4, 0.5) is 0 Å². The summed E-state index contributed by atoms with van der Waals surface area (Å²) in [7, 11) is 3.24. The average molecular weight is 287 g/mol. The van der Waals surface area contributed by atoms with Crippen molar-refractivity contribution in [2.75, 3.05) is 20.8 Å². The molecule has 4 heteroatoms. The van der Waals surface area contributed by atoms with E-state index >= 15 is 0 Å². The largest absolute Gasteiger partial charge is 0.493 e. The van der Waals surface area contributed by atoms with Crippen molar-refractivity contribution < 1.29 is 14.2 Å². The van der Waals surface area contributed by atoms with Gasteiger partial charge in [-0.25, -0.2) is 0 Å². The van der Waals surface area contributed by atoms with Gasteiger partial charge in [-0.1, -0.05) is 36.4 Å². The van der Waals surface area contributed by atoms with Crippen molar-refractivity contribution in [3.05, 3.63) is 59.7 Å². The van der Waals surface area contributed by atoms with Gasteiger partial charge >= 0.3 is 0 Å². The Labute approximate surface area is 125 Å². The van der Waals surface area contributed by atoms with Gasteiger partial charge < -0.3 is 19.9 Å². The van der Waals surface area contributed by atoms with Crippen molar-refractivity contribution in [1.82, 2.24) is 0 Å². The summed E-state index contributed by atoms with van der Waals surface area (Å²) in [6, 6.07) is 15.6. The van der Waals surface area contributed by atoms with Crippen LogP contribution in [-0.2, 0) is 11.2 Å². The lowest BCUT2D eigenvalue weighted by Crippen LogP contribution is -2.11. The predicted molar refractivity (Wildman–Crippen MR) is 82.6 cm³/mol. The van der Waals surface area contributed by atoms with Gasteiger partial charge in [-0.15, -0.1) is 0 Å². The fourth-order valence-electron chi connectivity index (χ4n) is 2.11. The lowest BCUT2D eigenvalue weighted by atomic mass is 10.1. The molecule has 0 radical (unpaired) electrons. The monoisotopic (exact) mass is 287 g/mol. The van der Waals surface area contributed by atoms with E-state index in [-0.39, 0.29) is 0 Å². The molecule has 0 amide bonds. The van der Waals surface area contributed by atoms with Crippen molar-refractivity contribution >= 4 is 0 Å². The molecule has 0 aliphatic rings. The smallest absolute Gasteiger partial charge is 0.226 e. The summed E-state index contributed by atoms with van der Waals surface area (Å²) < 4.78 is 16.8. The maximum absolute atomic E-state index is 5.97. The van der Waals surface area contributed by atoms with E-state index in [4.69, 9.17) is 19.9 Å². The summed E-state index contributed by atoms with van der Waals surface area (Å²) in [6.45, 7) is 0.595. The maximum Gasteiger partial charge on any atom is 0.226 e. The van der Waals surface area contributed by atoms with E-state index in [9.17, 15) is 0 Å². The van der Waals surface area contributed by atoms with Crippen molar-refractivity contribution in [3.8, 4) is 11.5 Å². The molecule has 0 spiro atoms. The first-order chi connectivity index (χ1) is 10.3. The quantitative estimate of drug-likeness (QED) is 0.796. The van der Waals surface area contributed by atoms with E-state index in [1.807, 2.05) is 48.5 Å². The highest BCUT2D eigenvalue weighted by Crippen LogP contribution is 2.32. The van der Waals surface area contributed by atoms with Crippen molar-refractivity contribution in [2.24, 2.45) is 5.73 Å². The highest BCUT2D eigenvalue weighted by molar-refractivity contribution is 5.43. The number of rotatable bonds is 7. The van der Waals surface area contributed by atoms with Crippen molar-refractivity contribution in [2.45, 2.75) is 12.7 Å². The first kappa shape index (κ1) is 15.4. The zero-order valence-corrected chi connectivity index (χ0v) is 12.4. The van der Waals surface area contributed by atoms with Gasteiger partial charge in [-0.2, -0.15) is 0 Å². The van der Waals surface area contributed by atoms with Gasteiger partial charge in [0.25, 0.3) is 0 Å². The van der Waals surface area contributed by atoms with Crippen LogP contribution in [0.5, 0.6) is 11.5 Å². The fraction of sp³-hybridized carbons (Fsp3) is 0.294. The zero-order valence-electron chi connectivity index (χ0n) is 12.4. The SMILES string of the molecule is COc1ccc(CCN)cc1OC(OC)c1ccccc1. The van der Waals surface area contributed by atoms with Gasteiger partial charge in [0.15, 0.2) is 11.5 Å². The summed E-state index contributed by atoms with van der Waals surface area (Å²) in [4.78, 5) is 0. The Morgan fingerprint density at radius 1 is 1.00 bits per heavy atom. The Hall–Kier alpha value is -2.04. The predicted octanol–water partition coefficient (Wildman–Crippen LogP) is 2.92. The molecule has 0 saturated carbocycles. The first-order valence-electron chi connectivity index (χ1n) is 6.90. The molecule has 0 aliphatic carbocycles. The van der Waals surface area contributed by atoms with E-state index in [1.165, 1.54) is 0 Å². The number of methoxy groups -OCH3 is 2. The number of hydrogen-bond donors (Lipinski definition) is 1. The molecule has 2 aromatic rings. The Morgan fingerprint density at radius 2 is 1.76 bits per heavy atom.